The van der Waals surface area contributed by atoms with E-state index in [0.29, 0.717) is 6.07 Å². The molecule has 0 radical (unpaired) electrons. The van der Waals surface area contributed by atoms with E-state index in [4.69, 9.17) is 10.5 Å². The number of primary amides is 1. The fourth-order valence-electron chi connectivity index (χ4n) is 2.87. The van der Waals surface area contributed by atoms with Crippen LogP contribution in [0.5, 0.6) is 5.75 Å². The van der Waals surface area contributed by atoms with Crippen LogP contribution in [0.4, 0.5) is 23.2 Å². The zero-order valence-electron chi connectivity index (χ0n) is 16.0. The van der Waals surface area contributed by atoms with Crippen molar-refractivity contribution in [3.63, 3.8) is 0 Å². The second-order valence-corrected chi connectivity index (χ2v) is 6.35. The highest BCUT2D eigenvalue weighted by atomic mass is 19.4. The summed E-state index contributed by atoms with van der Waals surface area (Å²) < 4.78 is 58.5. The maximum atomic E-state index is 13.6. The molecule has 160 valence electrons. The summed E-state index contributed by atoms with van der Waals surface area (Å²) in [5.41, 5.74) is 4.04. The quantitative estimate of drug-likeness (QED) is 0.588. The highest BCUT2D eigenvalue weighted by Gasteiger charge is 2.32. The average molecular weight is 433 g/mol. The van der Waals surface area contributed by atoms with Gasteiger partial charge in [-0.05, 0) is 42.0 Å². The highest BCUT2D eigenvalue weighted by Crippen LogP contribution is 2.37. The van der Waals surface area contributed by atoms with Crippen LogP contribution in [0, 0.1) is 5.82 Å². The lowest BCUT2D eigenvalue weighted by Gasteiger charge is -2.16. The van der Waals surface area contributed by atoms with E-state index in [1.807, 2.05) is 0 Å². The summed E-state index contributed by atoms with van der Waals surface area (Å²) in [6.45, 7) is 0. The van der Waals surface area contributed by atoms with Crippen LogP contribution in [-0.2, 0) is 6.18 Å². The molecule has 0 unspecified atom stereocenters. The number of methoxy groups -OCH3 is 1. The van der Waals surface area contributed by atoms with E-state index < -0.39 is 29.4 Å². The van der Waals surface area contributed by atoms with Crippen molar-refractivity contribution in [3.05, 3.63) is 77.4 Å². The normalized spacial score (nSPS) is 11.1. The SMILES string of the molecule is COc1cc(F)ccc1-c1ccc(C(F)(F)F)cc1C(=O)Nc1ccnc(C(N)=O)c1. The summed E-state index contributed by atoms with van der Waals surface area (Å²) in [5, 5.41) is 2.42. The van der Waals surface area contributed by atoms with Crippen molar-refractivity contribution >= 4 is 17.5 Å². The summed E-state index contributed by atoms with van der Waals surface area (Å²) in [6.07, 6.45) is -3.48. The monoisotopic (exact) mass is 433 g/mol. The number of nitrogens with one attached hydrogen (secondary N) is 1. The molecule has 1 aromatic heterocycles. The van der Waals surface area contributed by atoms with Crippen LogP contribution >= 0.6 is 0 Å². The van der Waals surface area contributed by atoms with Gasteiger partial charge < -0.3 is 15.8 Å². The van der Waals surface area contributed by atoms with E-state index in [0.717, 1.165) is 24.3 Å². The number of halogens is 4. The van der Waals surface area contributed by atoms with E-state index in [1.165, 1.54) is 31.5 Å². The first-order chi connectivity index (χ1) is 14.6. The summed E-state index contributed by atoms with van der Waals surface area (Å²) >= 11 is 0. The fourth-order valence-corrected chi connectivity index (χ4v) is 2.87. The van der Waals surface area contributed by atoms with E-state index in [1.54, 1.807) is 0 Å². The van der Waals surface area contributed by atoms with Gasteiger partial charge in [-0.1, -0.05) is 6.07 Å². The highest BCUT2D eigenvalue weighted by molar-refractivity contribution is 6.09. The van der Waals surface area contributed by atoms with Gasteiger partial charge in [-0.3, -0.25) is 14.6 Å². The zero-order chi connectivity index (χ0) is 22.8. The molecule has 0 atom stereocenters. The molecule has 0 aliphatic carbocycles. The van der Waals surface area contributed by atoms with Gasteiger partial charge in [-0.2, -0.15) is 13.2 Å². The van der Waals surface area contributed by atoms with Crippen molar-refractivity contribution in [2.75, 3.05) is 12.4 Å². The van der Waals surface area contributed by atoms with Crippen LogP contribution in [0.2, 0.25) is 0 Å². The molecule has 3 N–H and O–H groups in total. The topological polar surface area (TPSA) is 94.3 Å². The molecule has 0 saturated heterocycles. The molecule has 1 heterocycles. The van der Waals surface area contributed by atoms with Gasteiger partial charge in [-0.25, -0.2) is 4.39 Å². The van der Waals surface area contributed by atoms with E-state index in [9.17, 15) is 27.2 Å². The van der Waals surface area contributed by atoms with E-state index in [2.05, 4.69) is 10.3 Å². The molecule has 0 aliphatic heterocycles. The molecule has 0 bridgehead atoms. The largest absolute Gasteiger partial charge is 0.496 e. The number of nitrogens with two attached hydrogens (primary N) is 1. The molecular formula is C21H15F4N3O3. The third-order valence-electron chi connectivity index (χ3n) is 4.32. The minimum absolute atomic E-state index is 0.0359. The summed E-state index contributed by atoms with van der Waals surface area (Å²) in [5.74, 6) is -2.32. The molecule has 0 aliphatic rings. The number of pyridine rings is 1. The second kappa shape index (κ2) is 8.42. The molecule has 3 rings (SSSR count). The van der Waals surface area contributed by atoms with Gasteiger partial charge in [0, 0.05) is 29.1 Å². The first-order valence-electron chi connectivity index (χ1n) is 8.72. The number of nitrogens with zero attached hydrogens (tertiary/aromatic N) is 1. The molecular weight excluding hydrogens is 418 g/mol. The molecule has 2 aromatic carbocycles. The minimum Gasteiger partial charge on any atom is -0.496 e. The van der Waals surface area contributed by atoms with Gasteiger partial charge in [0.05, 0.1) is 12.7 Å². The Morgan fingerprint density at radius 2 is 1.74 bits per heavy atom. The number of amides is 2. The Labute approximate surface area is 173 Å². The maximum absolute atomic E-state index is 13.6. The molecule has 6 nitrogen and oxygen atoms in total. The van der Waals surface area contributed by atoms with Crippen LogP contribution in [0.15, 0.2) is 54.7 Å². The maximum Gasteiger partial charge on any atom is 0.416 e. The predicted octanol–water partition coefficient (Wildman–Crippen LogP) is 4.27. The number of ether oxygens (including phenoxy) is 1. The van der Waals surface area contributed by atoms with E-state index >= 15 is 0 Å². The van der Waals surface area contributed by atoms with Crippen LogP contribution in [0.25, 0.3) is 11.1 Å². The van der Waals surface area contributed by atoms with Crippen molar-refractivity contribution in [2.45, 2.75) is 6.18 Å². The Hall–Kier alpha value is -3.95. The Kier molecular flexibility index (Phi) is 5.91. The number of hydrogen-bond acceptors (Lipinski definition) is 4. The lowest BCUT2D eigenvalue weighted by atomic mass is 9.95. The van der Waals surface area contributed by atoms with Crippen molar-refractivity contribution in [1.82, 2.24) is 4.98 Å². The van der Waals surface area contributed by atoms with Gasteiger partial charge in [-0.15, -0.1) is 0 Å². The van der Waals surface area contributed by atoms with Gasteiger partial charge in [0.2, 0.25) is 0 Å². The minimum atomic E-state index is -4.70. The number of aromatic nitrogens is 1. The van der Waals surface area contributed by atoms with Crippen LogP contribution in [0.1, 0.15) is 26.4 Å². The second-order valence-electron chi connectivity index (χ2n) is 6.35. The Bertz CT molecular complexity index is 1160. The Morgan fingerprint density at radius 1 is 1.03 bits per heavy atom. The number of alkyl halides is 3. The van der Waals surface area contributed by atoms with Gasteiger partial charge in [0.25, 0.3) is 11.8 Å². The summed E-state index contributed by atoms with van der Waals surface area (Å²) in [4.78, 5) is 27.9. The first kappa shape index (κ1) is 21.8. The van der Waals surface area contributed by atoms with Crippen molar-refractivity contribution in [1.29, 1.82) is 0 Å². The zero-order valence-corrected chi connectivity index (χ0v) is 16.0. The molecule has 2 amide bonds. The number of carbonyl (C=O) groups excluding carboxylic acids is 2. The predicted molar refractivity (Wildman–Crippen MR) is 104 cm³/mol. The molecule has 0 fully saturated rings. The van der Waals surface area contributed by atoms with Gasteiger partial charge in [0.15, 0.2) is 0 Å². The fraction of sp³-hybridized carbons (Fsp3) is 0.0952. The first-order valence-corrected chi connectivity index (χ1v) is 8.72. The Balaban J connectivity index is 2.11. The summed E-state index contributed by atoms with van der Waals surface area (Å²) in [7, 11) is 1.27. The number of anilines is 1. The van der Waals surface area contributed by atoms with Gasteiger partial charge >= 0.3 is 6.18 Å². The average Bonchev–Trinajstić information content (AvgIpc) is 2.72. The number of rotatable bonds is 5. The number of hydrogen-bond donors (Lipinski definition) is 2. The number of benzene rings is 2. The van der Waals surface area contributed by atoms with Crippen molar-refractivity contribution in [3.8, 4) is 16.9 Å². The van der Waals surface area contributed by atoms with Gasteiger partial charge in [0.1, 0.15) is 17.3 Å². The van der Waals surface area contributed by atoms with Crippen LogP contribution in [0.3, 0.4) is 0 Å². The lowest BCUT2D eigenvalue weighted by Crippen LogP contribution is -2.17. The smallest absolute Gasteiger partial charge is 0.416 e. The summed E-state index contributed by atoms with van der Waals surface area (Å²) in [6, 6.07) is 8.58. The molecule has 31 heavy (non-hydrogen) atoms. The number of carbonyl (C=O) groups is 2. The van der Waals surface area contributed by atoms with Crippen molar-refractivity contribution < 1.29 is 31.9 Å². The van der Waals surface area contributed by atoms with E-state index in [-0.39, 0.29) is 33.8 Å². The van der Waals surface area contributed by atoms with Crippen LogP contribution < -0.4 is 15.8 Å². The molecule has 0 spiro atoms. The van der Waals surface area contributed by atoms with Crippen LogP contribution in [-0.4, -0.2) is 23.9 Å². The lowest BCUT2D eigenvalue weighted by molar-refractivity contribution is -0.137. The molecule has 3 aromatic rings. The third kappa shape index (κ3) is 4.80. The molecule has 0 saturated carbocycles. The Morgan fingerprint density at radius 3 is 2.39 bits per heavy atom. The standard InChI is InChI=1S/C21H15F4N3O3/c1-31-18-9-12(22)3-5-15(18)14-4-2-11(21(23,24)25)8-16(14)20(30)28-13-6-7-27-17(10-13)19(26)29/h2-10H,1H3,(H2,26,29)(H,27,28,30). The molecule has 10 heteroatoms. The third-order valence-corrected chi connectivity index (χ3v) is 4.32. The van der Waals surface area contributed by atoms with Crippen molar-refractivity contribution in [2.24, 2.45) is 5.73 Å².